The number of carbonyl (C=O) groups excluding carboxylic acids is 2. The number of hydrogen-bond donors (Lipinski definition) is 0. The summed E-state index contributed by atoms with van der Waals surface area (Å²) >= 11 is 3.39. The number of amides is 2. The van der Waals surface area contributed by atoms with Crippen LogP contribution in [0, 0.1) is 6.92 Å². The van der Waals surface area contributed by atoms with E-state index >= 15 is 0 Å². The Morgan fingerprint density at radius 1 is 1.53 bits per heavy atom. The Kier molecular flexibility index (Phi) is 4.04. The molecule has 0 bridgehead atoms. The van der Waals surface area contributed by atoms with E-state index in [9.17, 15) is 9.59 Å². The van der Waals surface area contributed by atoms with Crippen molar-refractivity contribution in [1.29, 1.82) is 0 Å². The molecule has 1 heterocycles. The standard InChI is InChI=1S/C14H14BrNO3/c1-9-3-5-12(15)7-11(9)4-6-13(17)16-10(2)8-19-14(16)18/h3-7,10H,8H2,1-2H3/b6-4+/t10-/m1/s1. The lowest BCUT2D eigenvalue weighted by molar-refractivity contribution is -0.123. The Morgan fingerprint density at radius 2 is 2.26 bits per heavy atom. The van der Waals surface area contributed by atoms with Crippen LogP contribution in [0.2, 0.25) is 0 Å². The summed E-state index contributed by atoms with van der Waals surface area (Å²) in [4.78, 5) is 24.5. The van der Waals surface area contributed by atoms with E-state index in [0.717, 1.165) is 20.5 Å². The second-order valence-electron chi connectivity index (χ2n) is 4.47. The SMILES string of the molecule is Cc1ccc(Br)cc1/C=C/C(=O)N1C(=O)OC[C@H]1C. The number of cyclic esters (lactones) is 1. The predicted molar refractivity (Wildman–Crippen MR) is 75.6 cm³/mol. The van der Waals surface area contributed by atoms with Gasteiger partial charge >= 0.3 is 6.09 Å². The Hall–Kier alpha value is -1.62. The number of ether oxygens (including phenoxy) is 1. The Bertz CT molecular complexity index is 554. The van der Waals surface area contributed by atoms with Gasteiger partial charge < -0.3 is 4.74 Å². The van der Waals surface area contributed by atoms with Crippen LogP contribution in [0.5, 0.6) is 0 Å². The largest absolute Gasteiger partial charge is 0.447 e. The van der Waals surface area contributed by atoms with E-state index in [0.29, 0.717) is 0 Å². The van der Waals surface area contributed by atoms with Gasteiger partial charge in [-0.15, -0.1) is 0 Å². The fraction of sp³-hybridized carbons (Fsp3) is 0.286. The molecule has 1 atom stereocenters. The molecule has 2 amide bonds. The minimum absolute atomic E-state index is 0.215. The van der Waals surface area contributed by atoms with Crippen LogP contribution in [-0.2, 0) is 9.53 Å². The van der Waals surface area contributed by atoms with Gasteiger partial charge in [-0.2, -0.15) is 0 Å². The number of nitrogens with zero attached hydrogens (tertiary/aromatic N) is 1. The number of carbonyl (C=O) groups is 2. The smallest absolute Gasteiger partial charge is 0.417 e. The zero-order valence-electron chi connectivity index (χ0n) is 10.7. The average Bonchev–Trinajstić information content (AvgIpc) is 2.70. The number of aryl methyl sites for hydroxylation is 1. The van der Waals surface area contributed by atoms with Crippen molar-refractivity contribution < 1.29 is 14.3 Å². The molecule has 2 rings (SSSR count). The molecule has 19 heavy (non-hydrogen) atoms. The van der Waals surface area contributed by atoms with Gasteiger partial charge in [-0.3, -0.25) is 4.79 Å². The average molecular weight is 324 g/mol. The molecule has 5 heteroatoms. The first-order valence-electron chi connectivity index (χ1n) is 5.93. The van der Waals surface area contributed by atoms with Gasteiger partial charge in [-0.1, -0.05) is 22.0 Å². The number of imide groups is 1. The van der Waals surface area contributed by atoms with E-state index in [2.05, 4.69) is 15.9 Å². The molecule has 0 N–H and O–H groups in total. The summed E-state index contributed by atoms with van der Waals surface area (Å²) in [6.07, 6.45) is 2.53. The molecule has 0 spiro atoms. The van der Waals surface area contributed by atoms with Crippen LogP contribution >= 0.6 is 15.9 Å². The summed E-state index contributed by atoms with van der Waals surface area (Å²) in [5.74, 6) is -0.352. The summed E-state index contributed by atoms with van der Waals surface area (Å²) in [5, 5.41) is 0. The molecule has 0 aromatic heterocycles. The van der Waals surface area contributed by atoms with Crippen molar-refractivity contribution in [2.24, 2.45) is 0 Å². The van der Waals surface area contributed by atoms with Crippen molar-refractivity contribution in [3.63, 3.8) is 0 Å². The molecule has 1 aliphatic heterocycles. The number of halogens is 1. The normalized spacial score (nSPS) is 19.0. The minimum atomic E-state index is -0.576. The third kappa shape index (κ3) is 3.04. The van der Waals surface area contributed by atoms with E-state index in [-0.39, 0.29) is 18.6 Å². The van der Waals surface area contributed by atoms with Crippen molar-refractivity contribution >= 4 is 34.0 Å². The second kappa shape index (κ2) is 5.57. The highest BCUT2D eigenvalue weighted by Gasteiger charge is 2.33. The molecule has 1 aromatic rings. The second-order valence-corrected chi connectivity index (χ2v) is 5.38. The quantitative estimate of drug-likeness (QED) is 0.785. The van der Waals surface area contributed by atoms with Gasteiger partial charge in [-0.25, -0.2) is 9.69 Å². The first-order valence-corrected chi connectivity index (χ1v) is 6.72. The van der Waals surface area contributed by atoms with Crippen LogP contribution in [-0.4, -0.2) is 29.5 Å². The highest BCUT2D eigenvalue weighted by atomic mass is 79.9. The maximum absolute atomic E-state index is 12.0. The number of benzene rings is 1. The van der Waals surface area contributed by atoms with E-state index in [1.54, 1.807) is 13.0 Å². The maximum atomic E-state index is 12.0. The fourth-order valence-corrected chi connectivity index (χ4v) is 2.23. The molecular weight excluding hydrogens is 310 g/mol. The minimum Gasteiger partial charge on any atom is -0.447 e. The maximum Gasteiger partial charge on any atom is 0.417 e. The zero-order valence-corrected chi connectivity index (χ0v) is 12.3. The Labute approximate surface area is 120 Å². The molecule has 0 aliphatic carbocycles. The van der Waals surface area contributed by atoms with Gasteiger partial charge in [0.05, 0.1) is 6.04 Å². The van der Waals surface area contributed by atoms with Crippen molar-refractivity contribution in [2.45, 2.75) is 19.9 Å². The highest BCUT2D eigenvalue weighted by Crippen LogP contribution is 2.18. The van der Waals surface area contributed by atoms with E-state index in [4.69, 9.17) is 4.74 Å². The van der Waals surface area contributed by atoms with Crippen LogP contribution in [0.25, 0.3) is 6.08 Å². The molecule has 1 aromatic carbocycles. The van der Waals surface area contributed by atoms with Gasteiger partial charge in [0, 0.05) is 10.5 Å². The van der Waals surface area contributed by atoms with Gasteiger partial charge in [0.15, 0.2) is 0 Å². The summed E-state index contributed by atoms with van der Waals surface area (Å²) in [5.41, 5.74) is 1.99. The van der Waals surface area contributed by atoms with Crippen LogP contribution in [0.1, 0.15) is 18.1 Å². The van der Waals surface area contributed by atoms with Gasteiger partial charge in [-0.05, 0) is 43.2 Å². The number of rotatable bonds is 2. The fourth-order valence-electron chi connectivity index (χ4n) is 1.86. The molecule has 4 nitrogen and oxygen atoms in total. The van der Waals surface area contributed by atoms with E-state index in [1.165, 1.54) is 6.08 Å². The zero-order chi connectivity index (χ0) is 14.0. The molecule has 0 unspecified atom stereocenters. The molecule has 1 fully saturated rings. The van der Waals surface area contributed by atoms with E-state index < -0.39 is 6.09 Å². The highest BCUT2D eigenvalue weighted by molar-refractivity contribution is 9.10. The van der Waals surface area contributed by atoms with Gasteiger partial charge in [0.25, 0.3) is 5.91 Å². The summed E-state index contributed by atoms with van der Waals surface area (Å²) in [6.45, 7) is 4.00. The third-order valence-corrected chi connectivity index (χ3v) is 3.46. The van der Waals surface area contributed by atoms with Gasteiger partial charge in [0.1, 0.15) is 6.61 Å². The van der Waals surface area contributed by atoms with Crippen molar-refractivity contribution in [3.8, 4) is 0 Å². The van der Waals surface area contributed by atoms with Crippen LogP contribution < -0.4 is 0 Å². The van der Waals surface area contributed by atoms with E-state index in [1.807, 2.05) is 25.1 Å². The molecular formula is C14H14BrNO3. The lowest BCUT2D eigenvalue weighted by Crippen LogP contribution is -2.35. The number of hydrogen-bond acceptors (Lipinski definition) is 3. The van der Waals surface area contributed by atoms with Crippen molar-refractivity contribution in [1.82, 2.24) is 4.90 Å². The Balaban J connectivity index is 2.16. The monoisotopic (exact) mass is 323 g/mol. The predicted octanol–water partition coefficient (Wildman–Crippen LogP) is 3.14. The van der Waals surface area contributed by atoms with Gasteiger partial charge in [0.2, 0.25) is 0 Å². The first kappa shape index (κ1) is 13.8. The van der Waals surface area contributed by atoms with Crippen molar-refractivity contribution in [2.75, 3.05) is 6.61 Å². The Morgan fingerprint density at radius 3 is 2.89 bits per heavy atom. The van der Waals surface area contributed by atoms with Crippen molar-refractivity contribution in [3.05, 3.63) is 39.9 Å². The summed E-state index contributed by atoms with van der Waals surface area (Å²) in [7, 11) is 0. The third-order valence-electron chi connectivity index (χ3n) is 2.97. The topological polar surface area (TPSA) is 46.6 Å². The van der Waals surface area contributed by atoms with Crippen LogP contribution in [0.4, 0.5) is 4.79 Å². The van der Waals surface area contributed by atoms with Crippen LogP contribution in [0.3, 0.4) is 0 Å². The molecule has 0 saturated carbocycles. The summed E-state index contributed by atoms with van der Waals surface area (Å²) < 4.78 is 5.76. The summed E-state index contributed by atoms with van der Waals surface area (Å²) in [6, 6.07) is 5.61. The molecule has 100 valence electrons. The molecule has 1 saturated heterocycles. The van der Waals surface area contributed by atoms with Crippen LogP contribution in [0.15, 0.2) is 28.7 Å². The lowest BCUT2D eigenvalue weighted by atomic mass is 10.1. The first-order chi connectivity index (χ1) is 8.99. The lowest BCUT2D eigenvalue weighted by Gasteiger charge is -2.13. The molecule has 0 radical (unpaired) electrons. The molecule has 1 aliphatic rings.